The smallest absolute Gasteiger partial charge is 0.138 e. The third kappa shape index (κ3) is 2.74. The fourth-order valence-corrected chi connectivity index (χ4v) is 1.91. The second-order valence-corrected chi connectivity index (χ2v) is 5.25. The van der Waals surface area contributed by atoms with Gasteiger partial charge in [-0.25, -0.2) is 9.97 Å². The first-order valence-electron chi connectivity index (χ1n) is 6.69. The minimum atomic E-state index is 0.234. The van der Waals surface area contributed by atoms with Crippen LogP contribution in [-0.4, -0.2) is 15.1 Å². The van der Waals surface area contributed by atoms with Crippen LogP contribution >= 0.6 is 0 Å². The molecule has 0 radical (unpaired) electrons. The second kappa shape index (κ2) is 5.48. The molecule has 0 fully saturated rings. The van der Waals surface area contributed by atoms with Gasteiger partial charge in [0.2, 0.25) is 0 Å². The van der Waals surface area contributed by atoms with Gasteiger partial charge in [-0.15, -0.1) is 0 Å². The lowest BCUT2D eigenvalue weighted by Crippen LogP contribution is -2.11. The van der Waals surface area contributed by atoms with Crippen LogP contribution in [0.4, 0.5) is 11.6 Å². The predicted octanol–water partition coefficient (Wildman–Crippen LogP) is 2.71. The molecular formula is C14H21N5O. The minimum absolute atomic E-state index is 0.234. The van der Waals surface area contributed by atoms with Crippen LogP contribution in [0.15, 0.2) is 4.52 Å². The maximum absolute atomic E-state index is 5.95. The molecule has 0 aliphatic carbocycles. The molecule has 3 N–H and O–H groups in total. The van der Waals surface area contributed by atoms with Crippen LogP contribution in [0, 0.1) is 20.8 Å². The Labute approximate surface area is 118 Å². The SMILES string of the molecule is Cc1noc(C)c1CNc1nc(C(C)C)nc(N)c1C. The highest BCUT2D eigenvalue weighted by Crippen LogP contribution is 2.22. The molecule has 6 heteroatoms. The molecule has 6 nitrogen and oxygen atoms in total. The molecule has 2 heterocycles. The third-order valence-electron chi connectivity index (χ3n) is 3.33. The average molecular weight is 275 g/mol. The highest BCUT2D eigenvalue weighted by atomic mass is 16.5. The van der Waals surface area contributed by atoms with Crippen molar-refractivity contribution in [3.8, 4) is 0 Å². The first-order chi connectivity index (χ1) is 9.40. The Bertz CT molecular complexity index is 599. The Morgan fingerprint density at radius 2 is 1.90 bits per heavy atom. The molecule has 0 bridgehead atoms. The van der Waals surface area contributed by atoms with E-state index in [0.29, 0.717) is 12.4 Å². The van der Waals surface area contributed by atoms with E-state index < -0.39 is 0 Å². The fraction of sp³-hybridized carbons (Fsp3) is 0.500. The number of hydrogen-bond donors (Lipinski definition) is 2. The molecule has 2 rings (SSSR count). The summed E-state index contributed by atoms with van der Waals surface area (Å²) in [6.45, 7) is 10.4. The van der Waals surface area contributed by atoms with E-state index in [0.717, 1.165) is 34.2 Å². The number of nitrogen functional groups attached to an aromatic ring is 1. The molecular weight excluding hydrogens is 254 g/mol. The van der Waals surface area contributed by atoms with E-state index in [-0.39, 0.29) is 5.92 Å². The fourth-order valence-electron chi connectivity index (χ4n) is 1.91. The van der Waals surface area contributed by atoms with Crippen LogP contribution in [-0.2, 0) is 6.54 Å². The van der Waals surface area contributed by atoms with Gasteiger partial charge in [0.15, 0.2) is 0 Å². The molecule has 0 saturated carbocycles. The topological polar surface area (TPSA) is 89.9 Å². The zero-order chi connectivity index (χ0) is 14.9. The van der Waals surface area contributed by atoms with Gasteiger partial charge in [0.1, 0.15) is 23.2 Å². The molecule has 0 aromatic carbocycles. The van der Waals surface area contributed by atoms with E-state index in [1.807, 2.05) is 34.6 Å². The van der Waals surface area contributed by atoms with Crippen LogP contribution < -0.4 is 11.1 Å². The van der Waals surface area contributed by atoms with Gasteiger partial charge in [-0.2, -0.15) is 0 Å². The van der Waals surface area contributed by atoms with E-state index in [1.165, 1.54) is 0 Å². The Morgan fingerprint density at radius 3 is 2.45 bits per heavy atom. The van der Waals surface area contributed by atoms with Gasteiger partial charge >= 0.3 is 0 Å². The number of nitrogens with two attached hydrogens (primary N) is 1. The summed E-state index contributed by atoms with van der Waals surface area (Å²) in [5.74, 6) is 3.08. The first kappa shape index (κ1) is 14.3. The lowest BCUT2D eigenvalue weighted by Gasteiger charge is -2.13. The molecule has 0 unspecified atom stereocenters. The number of aromatic nitrogens is 3. The minimum Gasteiger partial charge on any atom is -0.383 e. The maximum Gasteiger partial charge on any atom is 0.138 e. The quantitative estimate of drug-likeness (QED) is 0.891. The number of aryl methyl sites for hydroxylation is 2. The normalized spacial score (nSPS) is 11.1. The van der Waals surface area contributed by atoms with E-state index in [4.69, 9.17) is 10.3 Å². The van der Waals surface area contributed by atoms with Crippen molar-refractivity contribution in [1.82, 2.24) is 15.1 Å². The summed E-state index contributed by atoms with van der Waals surface area (Å²) in [4.78, 5) is 8.85. The summed E-state index contributed by atoms with van der Waals surface area (Å²) >= 11 is 0. The van der Waals surface area contributed by atoms with Crippen LogP contribution in [0.2, 0.25) is 0 Å². The second-order valence-electron chi connectivity index (χ2n) is 5.25. The number of rotatable bonds is 4. The zero-order valence-electron chi connectivity index (χ0n) is 12.6. The maximum atomic E-state index is 5.95. The molecule has 0 aliphatic rings. The Kier molecular flexibility index (Phi) is 3.92. The van der Waals surface area contributed by atoms with E-state index in [9.17, 15) is 0 Å². The van der Waals surface area contributed by atoms with E-state index in [1.54, 1.807) is 0 Å². The Balaban J connectivity index is 2.25. The summed E-state index contributed by atoms with van der Waals surface area (Å²) in [5.41, 5.74) is 8.74. The highest BCUT2D eigenvalue weighted by molar-refractivity contribution is 5.55. The largest absolute Gasteiger partial charge is 0.383 e. The van der Waals surface area contributed by atoms with Crippen molar-refractivity contribution < 1.29 is 4.52 Å². The van der Waals surface area contributed by atoms with Crippen LogP contribution in [0.3, 0.4) is 0 Å². The Hall–Kier alpha value is -2.11. The zero-order valence-corrected chi connectivity index (χ0v) is 12.6. The van der Waals surface area contributed by atoms with Crippen LogP contribution in [0.25, 0.3) is 0 Å². The van der Waals surface area contributed by atoms with Crippen molar-refractivity contribution in [2.45, 2.75) is 47.1 Å². The number of hydrogen-bond acceptors (Lipinski definition) is 6. The van der Waals surface area contributed by atoms with Crippen molar-refractivity contribution in [2.75, 3.05) is 11.1 Å². The average Bonchev–Trinajstić information content (AvgIpc) is 2.70. The highest BCUT2D eigenvalue weighted by Gasteiger charge is 2.13. The summed E-state index contributed by atoms with van der Waals surface area (Å²) in [6.07, 6.45) is 0. The lowest BCUT2D eigenvalue weighted by molar-refractivity contribution is 0.392. The van der Waals surface area contributed by atoms with Crippen molar-refractivity contribution in [3.05, 3.63) is 28.4 Å². The van der Waals surface area contributed by atoms with E-state index >= 15 is 0 Å². The molecule has 0 aliphatic heterocycles. The van der Waals surface area contributed by atoms with Crippen molar-refractivity contribution in [2.24, 2.45) is 0 Å². The van der Waals surface area contributed by atoms with Crippen LogP contribution in [0.1, 0.15) is 48.2 Å². The summed E-state index contributed by atoms with van der Waals surface area (Å²) in [5, 5.41) is 7.24. The molecule has 108 valence electrons. The van der Waals surface area contributed by atoms with Gasteiger partial charge in [-0.3, -0.25) is 0 Å². The first-order valence-corrected chi connectivity index (χ1v) is 6.69. The van der Waals surface area contributed by atoms with Gasteiger partial charge in [0, 0.05) is 23.6 Å². The van der Waals surface area contributed by atoms with Gasteiger partial charge in [0.25, 0.3) is 0 Å². The standard InChI is InChI=1S/C14H21N5O/c1-7(2)13-17-12(15)8(3)14(18-13)16-6-11-9(4)19-20-10(11)5/h7H,6H2,1-5H3,(H3,15,16,17,18). The summed E-state index contributed by atoms with van der Waals surface area (Å²) in [7, 11) is 0. The number of nitrogens with one attached hydrogen (secondary N) is 1. The van der Waals surface area contributed by atoms with Gasteiger partial charge in [0.05, 0.1) is 5.69 Å². The van der Waals surface area contributed by atoms with Crippen LogP contribution in [0.5, 0.6) is 0 Å². The van der Waals surface area contributed by atoms with Crippen molar-refractivity contribution in [1.29, 1.82) is 0 Å². The Morgan fingerprint density at radius 1 is 1.20 bits per heavy atom. The molecule has 0 saturated heterocycles. The molecule has 0 atom stereocenters. The number of anilines is 2. The predicted molar refractivity (Wildman–Crippen MR) is 78.6 cm³/mol. The van der Waals surface area contributed by atoms with Gasteiger partial charge < -0.3 is 15.6 Å². The monoisotopic (exact) mass is 275 g/mol. The molecule has 20 heavy (non-hydrogen) atoms. The van der Waals surface area contributed by atoms with Crippen molar-refractivity contribution in [3.63, 3.8) is 0 Å². The van der Waals surface area contributed by atoms with E-state index in [2.05, 4.69) is 20.4 Å². The summed E-state index contributed by atoms with van der Waals surface area (Å²) < 4.78 is 5.15. The van der Waals surface area contributed by atoms with Gasteiger partial charge in [-0.05, 0) is 20.8 Å². The third-order valence-corrected chi connectivity index (χ3v) is 3.33. The van der Waals surface area contributed by atoms with Crippen molar-refractivity contribution >= 4 is 11.6 Å². The molecule has 2 aromatic rings. The lowest BCUT2D eigenvalue weighted by atomic mass is 10.2. The van der Waals surface area contributed by atoms with Gasteiger partial charge in [-0.1, -0.05) is 19.0 Å². The molecule has 0 amide bonds. The number of nitrogens with zero attached hydrogens (tertiary/aromatic N) is 3. The molecule has 2 aromatic heterocycles. The summed E-state index contributed by atoms with van der Waals surface area (Å²) in [6, 6.07) is 0. The molecule has 0 spiro atoms.